The minimum absolute atomic E-state index is 0.695. The molecule has 0 aromatic carbocycles. The van der Waals surface area contributed by atoms with Gasteiger partial charge in [0, 0.05) is 19.8 Å². The molecule has 0 unspecified atom stereocenters. The summed E-state index contributed by atoms with van der Waals surface area (Å²) < 4.78 is 0. The summed E-state index contributed by atoms with van der Waals surface area (Å²) in [6.45, 7) is 3.09. The van der Waals surface area contributed by atoms with Crippen LogP contribution in [0.15, 0.2) is 12.3 Å². The van der Waals surface area contributed by atoms with E-state index >= 15 is 0 Å². The van der Waals surface area contributed by atoms with E-state index in [1.165, 1.54) is 6.42 Å². The van der Waals surface area contributed by atoms with Gasteiger partial charge in [-0.25, -0.2) is 4.98 Å². The standard InChI is InChI=1S/C9H16N4/c1-3-4-6-11-9-12-7-5-8(10-2)13-9/h5,7H,3-4,6H2,1-2H3,(H2,10,11,12,13). The zero-order valence-corrected chi connectivity index (χ0v) is 8.17. The van der Waals surface area contributed by atoms with Gasteiger partial charge in [-0.15, -0.1) is 0 Å². The average molecular weight is 180 g/mol. The van der Waals surface area contributed by atoms with Gasteiger partial charge in [0.05, 0.1) is 0 Å². The lowest BCUT2D eigenvalue weighted by Gasteiger charge is -2.04. The van der Waals surface area contributed by atoms with E-state index in [-0.39, 0.29) is 0 Å². The van der Waals surface area contributed by atoms with Crippen LogP contribution in [-0.2, 0) is 0 Å². The normalized spacial score (nSPS) is 9.69. The smallest absolute Gasteiger partial charge is 0.224 e. The van der Waals surface area contributed by atoms with Crippen LogP contribution in [0.4, 0.5) is 11.8 Å². The third kappa shape index (κ3) is 3.27. The van der Waals surface area contributed by atoms with E-state index in [1.807, 2.05) is 13.1 Å². The maximum absolute atomic E-state index is 4.23. The predicted octanol–water partition coefficient (Wildman–Crippen LogP) is 1.73. The molecular formula is C9H16N4. The van der Waals surface area contributed by atoms with Gasteiger partial charge in [-0.2, -0.15) is 4.98 Å². The Hall–Kier alpha value is -1.32. The van der Waals surface area contributed by atoms with Crippen molar-refractivity contribution in [1.29, 1.82) is 0 Å². The predicted molar refractivity (Wildman–Crippen MR) is 55.0 cm³/mol. The van der Waals surface area contributed by atoms with Crippen molar-refractivity contribution in [3.8, 4) is 0 Å². The van der Waals surface area contributed by atoms with Gasteiger partial charge in [-0.05, 0) is 12.5 Å². The van der Waals surface area contributed by atoms with Crippen molar-refractivity contribution < 1.29 is 0 Å². The minimum Gasteiger partial charge on any atom is -0.373 e. The highest BCUT2D eigenvalue weighted by molar-refractivity contribution is 5.38. The SMILES string of the molecule is CCCCNc1nccc(NC)n1. The van der Waals surface area contributed by atoms with Crippen molar-refractivity contribution in [2.75, 3.05) is 24.2 Å². The Labute approximate surface area is 78.8 Å². The zero-order chi connectivity index (χ0) is 9.52. The number of anilines is 2. The lowest BCUT2D eigenvalue weighted by atomic mass is 10.3. The van der Waals surface area contributed by atoms with Crippen LogP contribution in [0.2, 0.25) is 0 Å². The molecule has 0 spiro atoms. The van der Waals surface area contributed by atoms with Gasteiger partial charge >= 0.3 is 0 Å². The first kappa shape index (κ1) is 9.77. The van der Waals surface area contributed by atoms with Gasteiger partial charge in [-0.1, -0.05) is 13.3 Å². The molecule has 1 aromatic heterocycles. The molecule has 1 rings (SSSR count). The highest BCUT2D eigenvalue weighted by Gasteiger charge is 1.95. The molecule has 0 radical (unpaired) electrons. The van der Waals surface area contributed by atoms with Crippen LogP contribution in [0, 0.1) is 0 Å². The fourth-order valence-electron chi connectivity index (χ4n) is 0.960. The first-order valence-corrected chi connectivity index (χ1v) is 4.61. The summed E-state index contributed by atoms with van der Waals surface area (Å²) in [4.78, 5) is 8.33. The van der Waals surface area contributed by atoms with Gasteiger partial charge in [0.15, 0.2) is 0 Å². The van der Waals surface area contributed by atoms with Crippen LogP contribution in [-0.4, -0.2) is 23.6 Å². The van der Waals surface area contributed by atoms with E-state index in [4.69, 9.17) is 0 Å². The monoisotopic (exact) mass is 180 g/mol. The van der Waals surface area contributed by atoms with Crippen LogP contribution in [0.3, 0.4) is 0 Å². The highest BCUT2D eigenvalue weighted by Crippen LogP contribution is 2.04. The van der Waals surface area contributed by atoms with Crippen molar-refractivity contribution in [2.24, 2.45) is 0 Å². The zero-order valence-electron chi connectivity index (χ0n) is 8.17. The molecule has 1 heterocycles. The Kier molecular flexibility index (Phi) is 4.02. The lowest BCUT2D eigenvalue weighted by Crippen LogP contribution is -2.05. The summed E-state index contributed by atoms with van der Waals surface area (Å²) in [6, 6.07) is 1.84. The molecule has 4 heteroatoms. The molecule has 0 saturated carbocycles. The lowest BCUT2D eigenvalue weighted by molar-refractivity contribution is 0.826. The number of nitrogens with one attached hydrogen (secondary N) is 2. The molecule has 0 bridgehead atoms. The minimum atomic E-state index is 0.695. The largest absolute Gasteiger partial charge is 0.373 e. The molecule has 0 fully saturated rings. The van der Waals surface area contributed by atoms with Crippen molar-refractivity contribution in [2.45, 2.75) is 19.8 Å². The van der Waals surface area contributed by atoms with Crippen LogP contribution >= 0.6 is 0 Å². The first-order valence-electron chi connectivity index (χ1n) is 4.61. The molecular weight excluding hydrogens is 164 g/mol. The number of unbranched alkanes of at least 4 members (excludes halogenated alkanes) is 1. The summed E-state index contributed by atoms with van der Waals surface area (Å²) >= 11 is 0. The molecule has 0 aliphatic rings. The van der Waals surface area contributed by atoms with Crippen LogP contribution in [0.25, 0.3) is 0 Å². The Balaban J connectivity index is 2.46. The number of rotatable bonds is 5. The number of aromatic nitrogens is 2. The Bertz CT molecular complexity index is 249. The van der Waals surface area contributed by atoms with E-state index in [9.17, 15) is 0 Å². The van der Waals surface area contributed by atoms with Gasteiger partial charge < -0.3 is 10.6 Å². The highest BCUT2D eigenvalue weighted by atomic mass is 15.1. The number of nitrogens with zero attached hydrogens (tertiary/aromatic N) is 2. The fraction of sp³-hybridized carbons (Fsp3) is 0.556. The van der Waals surface area contributed by atoms with E-state index < -0.39 is 0 Å². The molecule has 0 aliphatic carbocycles. The Morgan fingerprint density at radius 1 is 1.46 bits per heavy atom. The van der Waals surface area contributed by atoms with E-state index in [0.717, 1.165) is 18.8 Å². The Morgan fingerprint density at radius 3 is 3.00 bits per heavy atom. The van der Waals surface area contributed by atoms with Crippen molar-refractivity contribution in [3.63, 3.8) is 0 Å². The maximum atomic E-state index is 4.23. The topological polar surface area (TPSA) is 49.8 Å². The van der Waals surface area contributed by atoms with Gasteiger partial charge in [0.25, 0.3) is 0 Å². The quantitative estimate of drug-likeness (QED) is 0.677. The summed E-state index contributed by atoms with van der Waals surface area (Å²) in [6.07, 6.45) is 4.07. The van der Waals surface area contributed by atoms with Crippen molar-refractivity contribution in [3.05, 3.63) is 12.3 Å². The van der Waals surface area contributed by atoms with Crippen LogP contribution in [0.1, 0.15) is 19.8 Å². The molecule has 13 heavy (non-hydrogen) atoms. The van der Waals surface area contributed by atoms with Crippen LogP contribution < -0.4 is 10.6 Å². The van der Waals surface area contributed by atoms with Crippen molar-refractivity contribution >= 4 is 11.8 Å². The molecule has 2 N–H and O–H groups in total. The average Bonchev–Trinajstić information content (AvgIpc) is 2.19. The summed E-state index contributed by atoms with van der Waals surface area (Å²) in [5.74, 6) is 1.54. The van der Waals surface area contributed by atoms with Gasteiger partial charge in [0.2, 0.25) is 5.95 Å². The second kappa shape index (κ2) is 5.35. The first-order chi connectivity index (χ1) is 6.36. The molecule has 0 aliphatic heterocycles. The van der Waals surface area contributed by atoms with Crippen LogP contribution in [0.5, 0.6) is 0 Å². The fourth-order valence-corrected chi connectivity index (χ4v) is 0.960. The third-order valence-electron chi connectivity index (χ3n) is 1.73. The van der Waals surface area contributed by atoms with E-state index in [2.05, 4.69) is 27.5 Å². The summed E-state index contributed by atoms with van der Waals surface area (Å²) in [5.41, 5.74) is 0. The summed E-state index contributed by atoms with van der Waals surface area (Å²) in [7, 11) is 1.85. The van der Waals surface area contributed by atoms with E-state index in [0.29, 0.717) is 5.95 Å². The van der Waals surface area contributed by atoms with Gasteiger partial charge in [0.1, 0.15) is 5.82 Å². The molecule has 0 atom stereocenters. The van der Waals surface area contributed by atoms with E-state index in [1.54, 1.807) is 6.20 Å². The molecule has 72 valence electrons. The second-order valence-corrected chi connectivity index (χ2v) is 2.80. The third-order valence-corrected chi connectivity index (χ3v) is 1.73. The van der Waals surface area contributed by atoms with Crippen molar-refractivity contribution in [1.82, 2.24) is 9.97 Å². The Morgan fingerprint density at radius 2 is 2.31 bits per heavy atom. The summed E-state index contributed by atoms with van der Waals surface area (Å²) in [5, 5.41) is 6.12. The molecule has 0 saturated heterocycles. The van der Waals surface area contributed by atoms with Gasteiger partial charge in [-0.3, -0.25) is 0 Å². The molecule has 1 aromatic rings. The maximum Gasteiger partial charge on any atom is 0.224 e. The molecule has 0 amide bonds. The number of hydrogen-bond acceptors (Lipinski definition) is 4. The number of hydrogen-bond donors (Lipinski definition) is 2. The molecule has 4 nitrogen and oxygen atoms in total. The second-order valence-electron chi connectivity index (χ2n) is 2.80.